The third kappa shape index (κ3) is 3.13. The van der Waals surface area contributed by atoms with Crippen LogP contribution in [0.5, 0.6) is 0 Å². The predicted molar refractivity (Wildman–Crippen MR) is 70.7 cm³/mol. The number of hydrogen-bond acceptors (Lipinski definition) is 4. The molecule has 2 heterocycles. The maximum atomic E-state index is 10.4. The molecule has 1 N–H and O–H groups in total. The Morgan fingerprint density at radius 3 is 2.94 bits per heavy atom. The van der Waals surface area contributed by atoms with Crippen molar-refractivity contribution < 1.29 is 9.90 Å². The zero-order chi connectivity index (χ0) is 13.0. The zero-order valence-electron chi connectivity index (χ0n) is 10.1. The number of thiophene rings is 1. The smallest absolute Gasteiger partial charge is 0.303 e. The van der Waals surface area contributed by atoms with E-state index in [0.29, 0.717) is 18.7 Å². The summed E-state index contributed by atoms with van der Waals surface area (Å²) < 4.78 is 0. The fourth-order valence-electron chi connectivity index (χ4n) is 1.68. The monoisotopic (exact) mass is 262 g/mol. The Morgan fingerprint density at radius 1 is 1.44 bits per heavy atom. The number of nitrogens with zero attached hydrogens (tertiary/aromatic N) is 2. The number of carbonyl (C=O) groups is 1. The van der Waals surface area contributed by atoms with Gasteiger partial charge in [0, 0.05) is 19.0 Å². The van der Waals surface area contributed by atoms with Crippen LogP contribution in [0.2, 0.25) is 0 Å². The van der Waals surface area contributed by atoms with E-state index in [1.165, 1.54) is 5.56 Å². The standard InChI is InChI=1S/C13H14N2O2S/c1-9-6-8-18-13(9)10-5-7-14-11(15-10)3-2-4-12(16)17/h5-8H,2-4H2,1H3,(H,16,17). The van der Waals surface area contributed by atoms with Crippen LogP contribution in [0.1, 0.15) is 24.2 Å². The fourth-order valence-corrected chi connectivity index (χ4v) is 2.58. The number of rotatable bonds is 5. The lowest BCUT2D eigenvalue weighted by molar-refractivity contribution is -0.137. The van der Waals surface area contributed by atoms with E-state index in [-0.39, 0.29) is 6.42 Å². The average molecular weight is 262 g/mol. The Morgan fingerprint density at radius 2 is 2.28 bits per heavy atom. The molecule has 18 heavy (non-hydrogen) atoms. The summed E-state index contributed by atoms with van der Waals surface area (Å²) >= 11 is 1.66. The minimum atomic E-state index is -0.778. The van der Waals surface area contributed by atoms with E-state index in [1.54, 1.807) is 17.5 Å². The molecule has 0 amide bonds. The molecule has 0 spiro atoms. The molecular formula is C13H14N2O2S. The molecular weight excluding hydrogens is 248 g/mol. The van der Waals surface area contributed by atoms with Crippen molar-refractivity contribution in [1.29, 1.82) is 0 Å². The fraction of sp³-hybridized carbons (Fsp3) is 0.308. The Hall–Kier alpha value is -1.75. The third-order valence-electron chi connectivity index (χ3n) is 2.59. The van der Waals surface area contributed by atoms with Crippen molar-refractivity contribution in [3.05, 3.63) is 35.1 Å². The second kappa shape index (κ2) is 5.73. The van der Waals surface area contributed by atoms with E-state index < -0.39 is 5.97 Å². The van der Waals surface area contributed by atoms with Gasteiger partial charge >= 0.3 is 5.97 Å². The van der Waals surface area contributed by atoms with E-state index in [9.17, 15) is 4.79 Å². The second-order valence-electron chi connectivity index (χ2n) is 4.04. The van der Waals surface area contributed by atoms with Crippen LogP contribution in [0.25, 0.3) is 10.6 Å². The van der Waals surface area contributed by atoms with Gasteiger partial charge in [-0.2, -0.15) is 0 Å². The van der Waals surface area contributed by atoms with Crippen LogP contribution in [-0.4, -0.2) is 21.0 Å². The van der Waals surface area contributed by atoms with Crippen LogP contribution in [0.4, 0.5) is 0 Å². The first-order valence-corrected chi connectivity index (χ1v) is 6.63. The first kappa shape index (κ1) is 12.7. The molecule has 94 valence electrons. The Kier molecular flexibility index (Phi) is 4.04. The van der Waals surface area contributed by atoms with Crippen LogP contribution in [0.3, 0.4) is 0 Å². The molecule has 0 saturated carbocycles. The molecule has 0 aliphatic heterocycles. The van der Waals surface area contributed by atoms with Gasteiger partial charge < -0.3 is 5.11 Å². The van der Waals surface area contributed by atoms with E-state index in [2.05, 4.69) is 23.0 Å². The summed E-state index contributed by atoms with van der Waals surface area (Å²) in [5.41, 5.74) is 2.12. The second-order valence-corrected chi connectivity index (χ2v) is 4.95. The Bertz CT molecular complexity index is 551. The first-order chi connectivity index (χ1) is 8.66. The maximum Gasteiger partial charge on any atom is 0.303 e. The normalized spacial score (nSPS) is 10.5. The van der Waals surface area contributed by atoms with Gasteiger partial charge in [0.15, 0.2) is 0 Å². The number of aryl methyl sites for hydroxylation is 2. The molecule has 0 aliphatic rings. The lowest BCUT2D eigenvalue weighted by Crippen LogP contribution is -2.00. The van der Waals surface area contributed by atoms with Crippen molar-refractivity contribution in [2.24, 2.45) is 0 Å². The molecule has 0 bridgehead atoms. The van der Waals surface area contributed by atoms with Crippen LogP contribution in [0, 0.1) is 6.92 Å². The van der Waals surface area contributed by atoms with Crippen molar-refractivity contribution in [2.45, 2.75) is 26.2 Å². The summed E-state index contributed by atoms with van der Waals surface area (Å²) in [5, 5.41) is 10.6. The van der Waals surface area contributed by atoms with Gasteiger partial charge in [0.2, 0.25) is 0 Å². The van der Waals surface area contributed by atoms with Gasteiger partial charge in [-0.3, -0.25) is 4.79 Å². The molecule has 0 aromatic carbocycles. The van der Waals surface area contributed by atoms with Gasteiger partial charge in [0.25, 0.3) is 0 Å². The van der Waals surface area contributed by atoms with E-state index in [0.717, 1.165) is 10.6 Å². The number of hydrogen-bond donors (Lipinski definition) is 1. The molecule has 4 nitrogen and oxygen atoms in total. The number of aromatic nitrogens is 2. The van der Waals surface area contributed by atoms with Gasteiger partial charge in [-0.1, -0.05) is 0 Å². The SMILES string of the molecule is Cc1ccsc1-c1ccnc(CCCC(=O)O)n1. The topological polar surface area (TPSA) is 63.1 Å². The summed E-state index contributed by atoms with van der Waals surface area (Å²) in [6.07, 6.45) is 3.07. The average Bonchev–Trinajstić information content (AvgIpc) is 2.75. The molecule has 2 aromatic rings. The molecule has 0 aliphatic carbocycles. The van der Waals surface area contributed by atoms with Crippen molar-refractivity contribution in [3.8, 4) is 10.6 Å². The van der Waals surface area contributed by atoms with E-state index in [1.807, 2.05) is 11.4 Å². The van der Waals surface area contributed by atoms with E-state index in [4.69, 9.17) is 5.11 Å². The van der Waals surface area contributed by atoms with Crippen molar-refractivity contribution in [1.82, 2.24) is 9.97 Å². The quantitative estimate of drug-likeness (QED) is 0.899. The molecule has 2 rings (SSSR count). The summed E-state index contributed by atoms with van der Waals surface area (Å²) in [7, 11) is 0. The lowest BCUT2D eigenvalue weighted by atomic mass is 10.2. The highest BCUT2D eigenvalue weighted by Crippen LogP contribution is 2.27. The first-order valence-electron chi connectivity index (χ1n) is 5.75. The third-order valence-corrected chi connectivity index (χ3v) is 3.63. The number of carboxylic acids is 1. The predicted octanol–water partition coefficient (Wildman–Crippen LogP) is 2.92. The largest absolute Gasteiger partial charge is 0.481 e. The minimum Gasteiger partial charge on any atom is -0.481 e. The number of carboxylic acid groups (broad SMARTS) is 1. The van der Waals surface area contributed by atoms with Crippen LogP contribution in [-0.2, 0) is 11.2 Å². The highest BCUT2D eigenvalue weighted by Gasteiger charge is 2.07. The highest BCUT2D eigenvalue weighted by molar-refractivity contribution is 7.13. The molecule has 0 unspecified atom stereocenters. The highest BCUT2D eigenvalue weighted by atomic mass is 32.1. The zero-order valence-corrected chi connectivity index (χ0v) is 10.9. The molecule has 0 atom stereocenters. The summed E-state index contributed by atoms with van der Waals surface area (Å²) in [4.78, 5) is 20.3. The Balaban J connectivity index is 2.11. The summed E-state index contributed by atoms with van der Waals surface area (Å²) in [6.45, 7) is 2.05. The van der Waals surface area contributed by atoms with Gasteiger partial charge in [-0.15, -0.1) is 11.3 Å². The number of aliphatic carboxylic acids is 1. The summed E-state index contributed by atoms with van der Waals surface area (Å²) in [6, 6.07) is 3.95. The van der Waals surface area contributed by atoms with Gasteiger partial charge in [0.05, 0.1) is 10.6 Å². The Labute approximate surface area is 109 Å². The molecule has 0 saturated heterocycles. The van der Waals surface area contributed by atoms with Gasteiger partial charge in [-0.25, -0.2) is 9.97 Å². The van der Waals surface area contributed by atoms with Crippen molar-refractivity contribution in [3.63, 3.8) is 0 Å². The van der Waals surface area contributed by atoms with Crippen molar-refractivity contribution in [2.75, 3.05) is 0 Å². The van der Waals surface area contributed by atoms with Crippen molar-refractivity contribution >= 4 is 17.3 Å². The molecule has 0 fully saturated rings. The van der Waals surface area contributed by atoms with E-state index >= 15 is 0 Å². The van der Waals surface area contributed by atoms with Crippen LogP contribution < -0.4 is 0 Å². The van der Waals surface area contributed by atoms with Gasteiger partial charge in [0.1, 0.15) is 5.82 Å². The molecule has 2 aromatic heterocycles. The van der Waals surface area contributed by atoms with Crippen LogP contribution >= 0.6 is 11.3 Å². The maximum absolute atomic E-state index is 10.4. The van der Waals surface area contributed by atoms with Crippen LogP contribution in [0.15, 0.2) is 23.7 Å². The minimum absolute atomic E-state index is 0.158. The van der Waals surface area contributed by atoms with Gasteiger partial charge in [-0.05, 0) is 36.4 Å². The molecule has 0 radical (unpaired) electrons. The molecule has 5 heteroatoms. The summed E-state index contributed by atoms with van der Waals surface area (Å²) in [5.74, 6) is -0.0678. The lowest BCUT2D eigenvalue weighted by Gasteiger charge is -2.02.